The highest BCUT2D eigenvalue weighted by Crippen LogP contribution is 2.52. The van der Waals surface area contributed by atoms with Crippen LogP contribution in [0.25, 0.3) is 49.7 Å². The van der Waals surface area contributed by atoms with Crippen molar-refractivity contribution < 1.29 is 9.47 Å². The van der Waals surface area contributed by atoms with E-state index in [1.807, 2.05) is 23.1 Å². The summed E-state index contributed by atoms with van der Waals surface area (Å²) in [6.07, 6.45) is 0. The maximum Gasteiger partial charge on any atom is 0.324 e. The van der Waals surface area contributed by atoms with Crippen molar-refractivity contribution in [1.82, 2.24) is 24.5 Å². The highest BCUT2D eigenvalue weighted by atomic mass is 32.2. The second-order valence-electron chi connectivity index (χ2n) is 11.1. The molecule has 9 heteroatoms. The van der Waals surface area contributed by atoms with Crippen molar-refractivity contribution in [2.24, 2.45) is 0 Å². The van der Waals surface area contributed by atoms with Gasteiger partial charge in [-0.05, 0) is 53.2 Å². The van der Waals surface area contributed by atoms with Crippen LogP contribution in [0.15, 0.2) is 131 Å². The van der Waals surface area contributed by atoms with Crippen LogP contribution in [0.1, 0.15) is 0 Å². The normalized spacial score (nSPS) is 12.3. The first-order valence-electron chi connectivity index (χ1n) is 15.1. The van der Waals surface area contributed by atoms with Gasteiger partial charge in [-0.1, -0.05) is 90.6 Å². The number of methoxy groups -OCH3 is 2. The lowest BCUT2D eigenvalue weighted by molar-refractivity contribution is 0.340. The van der Waals surface area contributed by atoms with Gasteiger partial charge in [-0.2, -0.15) is 9.97 Å². The Kier molecular flexibility index (Phi) is 6.32. The number of rotatable bonds is 5. The third-order valence-corrected chi connectivity index (χ3v) is 9.59. The van der Waals surface area contributed by atoms with Crippen molar-refractivity contribution in [3.63, 3.8) is 0 Å². The summed E-state index contributed by atoms with van der Waals surface area (Å²) in [5, 5.41) is 4.68. The Labute approximate surface area is 274 Å². The largest absolute Gasteiger partial charge is 0.467 e. The molecule has 47 heavy (non-hydrogen) atoms. The summed E-state index contributed by atoms with van der Waals surface area (Å²) >= 11 is 1.71. The summed E-state index contributed by atoms with van der Waals surface area (Å²) in [7, 11) is 3.06. The van der Waals surface area contributed by atoms with Crippen molar-refractivity contribution in [2.75, 3.05) is 19.1 Å². The molecule has 0 amide bonds. The number of anilines is 3. The predicted molar refractivity (Wildman–Crippen MR) is 187 cm³/mol. The highest BCUT2D eigenvalue weighted by Gasteiger charge is 2.29. The van der Waals surface area contributed by atoms with E-state index in [4.69, 9.17) is 14.5 Å². The lowest BCUT2D eigenvalue weighted by atomic mass is 10.00. The van der Waals surface area contributed by atoms with Crippen LogP contribution in [0.3, 0.4) is 0 Å². The molecule has 0 saturated heterocycles. The van der Waals surface area contributed by atoms with Crippen LogP contribution in [0.2, 0.25) is 0 Å². The second kappa shape index (κ2) is 10.9. The Morgan fingerprint density at radius 3 is 1.91 bits per heavy atom. The minimum atomic E-state index is 0.178. The molecular weight excluding hydrogens is 605 g/mol. The minimum Gasteiger partial charge on any atom is -0.467 e. The fraction of sp³-hybridized carbons (Fsp3) is 0.0526. The minimum absolute atomic E-state index is 0.178. The monoisotopic (exact) mass is 630 g/mol. The molecule has 226 valence electrons. The number of fused-ring (bicyclic) bond motifs is 8. The molecular formula is C38H26N6O2S. The molecule has 0 fully saturated rings. The van der Waals surface area contributed by atoms with Crippen LogP contribution in [-0.4, -0.2) is 38.7 Å². The third kappa shape index (κ3) is 4.31. The molecule has 3 heterocycles. The number of hydrogen-bond donors (Lipinski definition) is 0. The zero-order valence-corrected chi connectivity index (χ0v) is 26.3. The average molecular weight is 631 g/mol. The molecule has 0 unspecified atom stereocenters. The van der Waals surface area contributed by atoms with Crippen molar-refractivity contribution >= 4 is 61.7 Å². The van der Waals surface area contributed by atoms with E-state index in [1.165, 1.54) is 25.0 Å². The molecule has 0 aliphatic carbocycles. The van der Waals surface area contributed by atoms with E-state index in [2.05, 4.69) is 123 Å². The maximum absolute atomic E-state index is 5.43. The van der Waals surface area contributed by atoms with E-state index in [0.29, 0.717) is 5.95 Å². The second-order valence-corrected chi connectivity index (χ2v) is 12.2. The lowest BCUT2D eigenvalue weighted by Gasteiger charge is -2.31. The van der Waals surface area contributed by atoms with Gasteiger partial charge in [-0.15, -0.1) is 4.98 Å². The number of aromatic nitrogens is 5. The summed E-state index contributed by atoms with van der Waals surface area (Å²) in [5.74, 6) is 1.27. The SMILES string of the molecule is COc1nc(OC)nc(N2c3ccccc3Sc3cc(-c4nc5c6ccccc6c6ccccc6c5n4-c4ccccc4)ccc32)n1. The summed E-state index contributed by atoms with van der Waals surface area (Å²) in [6.45, 7) is 0. The predicted octanol–water partition coefficient (Wildman–Crippen LogP) is 9.14. The summed E-state index contributed by atoms with van der Waals surface area (Å²) < 4.78 is 13.1. The fourth-order valence-electron chi connectivity index (χ4n) is 6.45. The third-order valence-electron chi connectivity index (χ3n) is 8.48. The first kappa shape index (κ1) is 27.4. The Bertz CT molecular complexity index is 2480. The van der Waals surface area contributed by atoms with Crippen LogP contribution < -0.4 is 14.4 Å². The Morgan fingerprint density at radius 2 is 1.17 bits per heavy atom. The van der Waals surface area contributed by atoms with E-state index in [1.54, 1.807) is 11.8 Å². The topological polar surface area (TPSA) is 78.2 Å². The number of ether oxygens (including phenoxy) is 2. The van der Waals surface area contributed by atoms with Gasteiger partial charge in [0.1, 0.15) is 5.82 Å². The number of hydrogen-bond acceptors (Lipinski definition) is 8. The summed E-state index contributed by atoms with van der Waals surface area (Å²) in [6, 6.07) is 42.6. The first-order valence-corrected chi connectivity index (χ1v) is 16.0. The Balaban J connectivity index is 1.31. The highest BCUT2D eigenvalue weighted by molar-refractivity contribution is 7.99. The van der Waals surface area contributed by atoms with Crippen LogP contribution in [0, 0.1) is 0 Å². The molecule has 8 nitrogen and oxygen atoms in total. The number of nitrogens with zero attached hydrogens (tertiary/aromatic N) is 6. The molecule has 0 saturated carbocycles. The van der Waals surface area contributed by atoms with Gasteiger partial charge in [0.05, 0.1) is 36.6 Å². The molecule has 8 aromatic rings. The van der Waals surface area contributed by atoms with Crippen molar-refractivity contribution in [1.29, 1.82) is 0 Å². The van der Waals surface area contributed by atoms with E-state index < -0.39 is 0 Å². The quantitative estimate of drug-likeness (QED) is 0.174. The van der Waals surface area contributed by atoms with Crippen LogP contribution in [0.5, 0.6) is 12.0 Å². The molecule has 0 N–H and O–H groups in total. The Hall–Kier alpha value is -5.93. The summed E-state index contributed by atoms with van der Waals surface area (Å²) in [4.78, 5) is 23.0. The van der Waals surface area contributed by atoms with Crippen molar-refractivity contribution in [3.05, 3.63) is 121 Å². The van der Waals surface area contributed by atoms with Crippen LogP contribution >= 0.6 is 11.8 Å². The van der Waals surface area contributed by atoms with Gasteiger partial charge < -0.3 is 9.47 Å². The molecule has 0 radical (unpaired) electrons. The zero-order chi connectivity index (χ0) is 31.5. The number of imidazole rings is 1. The van der Waals surface area contributed by atoms with E-state index in [9.17, 15) is 0 Å². The van der Waals surface area contributed by atoms with Gasteiger partial charge >= 0.3 is 12.0 Å². The lowest BCUT2D eigenvalue weighted by Crippen LogP contribution is -2.18. The van der Waals surface area contributed by atoms with Crippen LogP contribution in [0.4, 0.5) is 17.3 Å². The summed E-state index contributed by atoms with van der Waals surface area (Å²) in [5.41, 5.74) is 6.00. The Morgan fingerprint density at radius 1 is 0.553 bits per heavy atom. The van der Waals surface area contributed by atoms with Gasteiger partial charge in [0, 0.05) is 31.8 Å². The smallest absolute Gasteiger partial charge is 0.324 e. The molecule has 1 aliphatic heterocycles. The average Bonchev–Trinajstić information content (AvgIpc) is 3.55. The van der Waals surface area contributed by atoms with Gasteiger partial charge in [0.15, 0.2) is 0 Å². The van der Waals surface area contributed by atoms with Crippen molar-refractivity contribution in [3.8, 4) is 29.1 Å². The molecule has 0 bridgehead atoms. The maximum atomic E-state index is 5.43. The number of para-hydroxylation sites is 2. The molecule has 2 aromatic heterocycles. The van der Waals surface area contributed by atoms with Gasteiger partial charge in [0.2, 0.25) is 5.95 Å². The fourth-order valence-corrected chi connectivity index (χ4v) is 7.55. The van der Waals surface area contributed by atoms with E-state index in [-0.39, 0.29) is 12.0 Å². The van der Waals surface area contributed by atoms with Crippen LogP contribution in [-0.2, 0) is 0 Å². The van der Waals surface area contributed by atoms with E-state index in [0.717, 1.165) is 60.0 Å². The number of benzene rings is 6. The standard InChI is InChI=1S/C38H26N6O2S/c1-45-37-40-36(41-38(42-37)46-2)44-29-18-10-11-19-31(29)47-32-22-23(20-21-30(32)44)35-39-33-27-16-8-6-14-25(27)26-15-7-9-17-28(26)34(33)43(35)24-12-4-3-5-13-24/h3-22H,1-2H3. The molecule has 0 spiro atoms. The van der Waals surface area contributed by atoms with Gasteiger partial charge in [-0.25, -0.2) is 4.98 Å². The molecule has 9 rings (SSSR count). The molecule has 6 aromatic carbocycles. The van der Waals surface area contributed by atoms with E-state index >= 15 is 0 Å². The first-order chi connectivity index (χ1) is 23.2. The molecule has 0 atom stereocenters. The van der Waals surface area contributed by atoms with Crippen molar-refractivity contribution in [2.45, 2.75) is 9.79 Å². The van der Waals surface area contributed by atoms with Gasteiger partial charge in [0.25, 0.3) is 0 Å². The molecule has 1 aliphatic rings. The van der Waals surface area contributed by atoms with Gasteiger partial charge in [-0.3, -0.25) is 9.47 Å². The zero-order valence-electron chi connectivity index (χ0n) is 25.5.